The minimum absolute atomic E-state index is 0.0836. The number of halogens is 2. The van der Waals surface area contributed by atoms with Crippen molar-refractivity contribution in [2.45, 2.75) is 0 Å². The molecule has 2 rings (SSSR count). The Morgan fingerprint density at radius 2 is 2.06 bits per heavy atom. The third-order valence-corrected chi connectivity index (χ3v) is 2.73. The Kier molecular flexibility index (Phi) is 2.66. The average Bonchev–Trinajstić information content (AvgIpc) is 2.71. The summed E-state index contributed by atoms with van der Waals surface area (Å²) in [5.74, 6) is -3.07. The van der Waals surface area contributed by atoms with Gasteiger partial charge in [-0.3, -0.25) is 0 Å². The highest BCUT2D eigenvalue weighted by atomic mass is 32.1. The number of hydrogen-bond acceptors (Lipinski definition) is 3. The monoisotopic (exact) mass is 241 g/mol. The first kappa shape index (κ1) is 10.7. The van der Waals surface area contributed by atoms with Crippen molar-refractivity contribution in [3.8, 4) is 11.3 Å². The Morgan fingerprint density at radius 3 is 2.62 bits per heavy atom. The lowest BCUT2D eigenvalue weighted by molar-refractivity contribution is 0.0696. The molecular weight excluding hydrogens is 236 g/mol. The van der Waals surface area contributed by atoms with E-state index >= 15 is 0 Å². The minimum Gasteiger partial charge on any atom is -0.476 e. The maximum Gasteiger partial charge on any atom is 0.365 e. The second kappa shape index (κ2) is 3.97. The molecule has 0 atom stereocenters. The molecule has 0 amide bonds. The second-order valence-corrected chi connectivity index (χ2v) is 3.83. The van der Waals surface area contributed by atoms with Crippen molar-refractivity contribution in [3.63, 3.8) is 0 Å². The molecule has 0 bridgehead atoms. The predicted molar refractivity (Wildman–Crippen MR) is 54.4 cm³/mol. The normalized spacial score (nSPS) is 10.4. The molecule has 3 nitrogen and oxygen atoms in total. The van der Waals surface area contributed by atoms with Crippen LogP contribution in [0.25, 0.3) is 11.3 Å². The van der Waals surface area contributed by atoms with Crippen LogP contribution in [0.5, 0.6) is 0 Å². The van der Waals surface area contributed by atoms with Gasteiger partial charge in [-0.1, -0.05) is 0 Å². The van der Waals surface area contributed by atoms with Crippen molar-refractivity contribution in [1.82, 2.24) is 4.98 Å². The number of carboxylic acids is 1. The van der Waals surface area contributed by atoms with Crippen LogP contribution in [-0.4, -0.2) is 16.1 Å². The van der Waals surface area contributed by atoms with Gasteiger partial charge in [-0.15, -0.1) is 11.3 Å². The highest BCUT2D eigenvalue weighted by Crippen LogP contribution is 2.23. The Balaban J connectivity index is 2.42. The van der Waals surface area contributed by atoms with Gasteiger partial charge in [0.05, 0.1) is 5.69 Å². The van der Waals surface area contributed by atoms with Crippen LogP contribution in [-0.2, 0) is 0 Å². The first-order valence-corrected chi connectivity index (χ1v) is 5.10. The minimum atomic E-state index is -1.14. The summed E-state index contributed by atoms with van der Waals surface area (Å²) >= 11 is 0.936. The van der Waals surface area contributed by atoms with Gasteiger partial charge in [0, 0.05) is 10.9 Å². The van der Waals surface area contributed by atoms with E-state index < -0.39 is 17.6 Å². The standard InChI is InChI=1S/C10H5F2NO2S/c11-6-2-1-5(3-7(6)12)8-4-16-9(13-8)10(14)15/h1-4H,(H,14,15). The summed E-state index contributed by atoms with van der Waals surface area (Å²) in [7, 11) is 0. The molecule has 1 heterocycles. The summed E-state index contributed by atoms with van der Waals surface area (Å²) in [4.78, 5) is 14.4. The molecule has 0 spiro atoms. The molecule has 0 aliphatic rings. The predicted octanol–water partition coefficient (Wildman–Crippen LogP) is 2.79. The molecule has 0 aliphatic carbocycles. The summed E-state index contributed by atoms with van der Waals surface area (Å²) in [6.45, 7) is 0. The van der Waals surface area contributed by atoms with E-state index in [1.54, 1.807) is 0 Å². The zero-order chi connectivity index (χ0) is 11.7. The van der Waals surface area contributed by atoms with Crippen molar-refractivity contribution < 1.29 is 18.7 Å². The number of carbonyl (C=O) groups is 1. The van der Waals surface area contributed by atoms with Gasteiger partial charge in [-0.05, 0) is 18.2 Å². The van der Waals surface area contributed by atoms with Crippen LogP contribution in [0.3, 0.4) is 0 Å². The Bertz CT molecular complexity index is 554. The van der Waals surface area contributed by atoms with Crippen LogP contribution < -0.4 is 0 Å². The molecule has 1 N–H and O–H groups in total. The maximum atomic E-state index is 12.9. The van der Waals surface area contributed by atoms with Gasteiger partial charge in [-0.2, -0.15) is 0 Å². The van der Waals surface area contributed by atoms with Gasteiger partial charge in [-0.25, -0.2) is 18.6 Å². The summed E-state index contributed by atoms with van der Waals surface area (Å²) in [5, 5.41) is 10.1. The number of rotatable bonds is 2. The Hall–Kier alpha value is -1.82. The van der Waals surface area contributed by atoms with Gasteiger partial charge < -0.3 is 5.11 Å². The first-order valence-electron chi connectivity index (χ1n) is 4.22. The number of aromatic carboxylic acids is 1. The van der Waals surface area contributed by atoms with Crippen LogP contribution in [0.1, 0.15) is 9.80 Å². The molecule has 82 valence electrons. The van der Waals surface area contributed by atoms with E-state index in [-0.39, 0.29) is 5.01 Å². The molecule has 1 aromatic carbocycles. The molecule has 6 heteroatoms. The van der Waals surface area contributed by atoms with Crippen molar-refractivity contribution in [1.29, 1.82) is 0 Å². The van der Waals surface area contributed by atoms with Crippen LogP contribution in [0.15, 0.2) is 23.6 Å². The topological polar surface area (TPSA) is 50.2 Å². The van der Waals surface area contributed by atoms with Crippen LogP contribution >= 0.6 is 11.3 Å². The number of benzene rings is 1. The van der Waals surface area contributed by atoms with Crippen molar-refractivity contribution in [2.75, 3.05) is 0 Å². The maximum absolute atomic E-state index is 12.9. The third-order valence-electron chi connectivity index (χ3n) is 1.90. The van der Waals surface area contributed by atoms with E-state index in [4.69, 9.17) is 5.11 Å². The van der Waals surface area contributed by atoms with E-state index in [1.165, 1.54) is 11.4 Å². The number of aromatic nitrogens is 1. The van der Waals surface area contributed by atoms with Crippen LogP contribution in [0.2, 0.25) is 0 Å². The van der Waals surface area contributed by atoms with Crippen LogP contribution in [0.4, 0.5) is 8.78 Å². The van der Waals surface area contributed by atoms with Crippen molar-refractivity contribution in [3.05, 3.63) is 40.2 Å². The summed E-state index contributed by atoms with van der Waals surface area (Å²) in [6.07, 6.45) is 0. The van der Waals surface area contributed by atoms with Crippen molar-refractivity contribution in [2.24, 2.45) is 0 Å². The highest BCUT2D eigenvalue weighted by molar-refractivity contribution is 7.11. The molecule has 0 fully saturated rings. The average molecular weight is 241 g/mol. The van der Waals surface area contributed by atoms with E-state index in [0.717, 1.165) is 23.5 Å². The summed E-state index contributed by atoms with van der Waals surface area (Å²) in [5.41, 5.74) is 0.670. The molecule has 16 heavy (non-hydrogen) atoms. The summed E-state index contributed by atoms with van der Waals surface area (Å²) in [6, 6.07) is 3.31. The van der Waals surface area contributed by atoms with E-state index in [2.05, 4.69) is 4.98 Å². The Labute approximate surface area is 93.0 Å². The molecule has 1 aromatic heterocycles. The van der Waals surface area contributed by atoms with E-state index in [0.29, 0.717) is 11.3 Å². The lowest BCUT2D eigenvalue weighted by Crippen LogP contribution is -1.94. The number of thiazole rings is 1. The molecule has 0 saturated carbocycles. The largest absolute Gasteiger partial charge is 0.476 e. The van der Waals surface area contributed by atoms with Gasteiger partial charge in [0.1, 0.15) is 0 Å². The number of nitrogens with zero attached hydrogens (tertiary/aromatic N) is 1. The zero-order valence-electron chi connectivity index (χ0n) is 7.78. The molecule has 0 radical (unpaired) electrons. The highest BCUT2D eigenvalue weighted by Gasteiger charge is 2.11. The van der Waals surface area contributed by atoms with Gasteiger partial charge >= 0.3 is 5.97 Å². The lowest BCUT2D eigenvalue weighted by Gasteiger charge is -1.97. The van der Waals surface area contributed by atoms with Crippen molar-refractivity contribution >= 4 is 17.3 Å². The third kappa shape index (κ3) is 1.92. The van der Waals surface area contributed by atoms with Gasteiger partial charge in [0.25, 0.3) is 0 Å². The van der Waals surface area contributed by atoms with Crippen LogP contribution in [0, 0.1) is 11.6 Å². The second-order valence-electron chi connectivity index (χ2n) is 2.97. The van der Waals surface area contributed by atoms with E-state index in [1.807, 2.05) is 0 Å². The molecular formula is C10H5F2NO2S. The molecule has 0 saturated heterocycles. The van der Waals surface area contributed by atoms with E-state index in [9.17, 15) is 13.6 Å². The number of carboxylic acid groups (broad SMARTS) is 1. The number of hydrogen-bond donors (Lipinski definition) is 1. The molecule has 0 aliphatic heterocycles. The fourth-order valence-electron chi connectivity index (χ4n) is 1.16. The molecule has 0 unspecified atom stereocenters. The zero-order valence-corrected chi connectivity index (χ0v) is 8.59. The fraction of sp³-hybridized carbons (Fsp3) is 0. The quantitative estimate of drug-likeness (QED) is 0.879. The SMILES string of the molecule is O=C(O)c1nc(-c2ccc(F)c(F)c2)cs1. The molecule has 2 aromatic rings. The van der Waals surface area contributed by atoms with Gasteiger partial charge in [0.2, 0.25) is 5.01 Å². The van der Waals surface area contributed by atoms with Gasteiger partial charge in [0.15, 0.2) is 11.6 Å². The fourth-order valence-corrected chi connectivity index (χ4v) is 1.82. The summed E-state index contributed by atoms with van der Waals surface area (Å²) < 4.78 is 25.6. The smallest absolute Gasteiger partial charge is 0.365 e. The Morgan fingerprint density at radius 1 is 1.31 bits per heavy atom. The first-order chi connectivity index (χ1) is 7.58. The lowest BCUT2D eigenvalue weighted by atomic mass is 10.2.